The average Bonchev–Trinajstić information content (AvgIpc) is 2.62. The number of aliphatic hydroxyl groups is 4. The maximum atomic E-state index is 10.5. The summed E-state index contributed by atoms with van der Waals surface area (Å²) in [5.41, 5.74) is 0.984. The van der Waals surface area contributed by atoms with E-state index >= 15 is 0 Å². The topological polar surface area (TPSA) is 80.9 Å². The Bertz CT molecular complexity index is 1070. The molecule has 0 saturated carbocycles. The fourth-order valence-corrected chi connectivity index (χ4v) is 4.16. The molecule has 120 valence electrons. The fourth-order valence-electron chi connectivity index (χ4n) is 4.16. The van der Waals surface area contributed by atoms with Crippen molar-refractivity contribution in [2.75, 3.05) is 0 Å². The van der Waals surface area contributed by atoms with Crippen LogP contribution in [0.4, 0.5) is 0 Å². The van der Waals surface area contributed by atoms with Crippen molar-refractivity contribution in [3.8, 4) is 0 Å². The molecule has 0 bridgehead atoms. The molecule has 0 unspecified atom stereocenters. The molecular weight excluding hydrogens is 304 g/mol. The second-order valence-corrected chi connectivity index (χ2v) is 6.61. The van der Waals surface area contributed by atoms with Crippen LogP contribution in [0.3, 0.4) is 0 Å². The predicted molar refractivity (Wildman–Crippen MR) is 92.1 cm³/mol. The van der Waals surface area contributed by atoms with Crippen molar-refractivity contribution in [1.29, 1.82) is 0 Å². The van der Waals surface area contributed by atoms with Gasteiger partial charge in [0.05, 0.1) is 0 Å². The van der Waals surface area contributed by atoms with Gasteiger partial charge in [0.15, 0.2) is 0 Å². The van der Waals surface area contributed by atoms with Crippen LogP contribution in [0.1, 0.15) is 23.3 Å². The number of hydrogen-bond acceptors (Lipinski definition) is 4. The van der Waals surface area contributed by atoms with Crippen molar-refractivity contribution >= 4 is 32.3 Å². The number of fused-ring (bicyclic) bond motifs is 2. The molecule has 0 fully saturated rings. The summed E-state index contributed by atoms with van der Waals surface area (Å²) >= 11 is 0. The molecule has 4 N–H and O–H groups in total. The molecule has 4 aromatic rings. The SMILES string of the molecule is O[C@@H]1[C@H](O)[C@@H](O)c2c(cc3ccc4cccc5ccc2c3c45)[C@H]1O. The Morgan fingerprint density at radius 1 is 0.625 bits per heavy atom. The molecule has 0 aromatic heterocycles. The van der Waals surface area contributed by atoms with Gasteiger partial charge in [-0.1, -0.05) is 42.5 Å². The highest BCUT2D eigenvalue weighted by molar-refractivity contribution is 6.23. The minimum absolute atomic E-state index is 0.478. The van der Waals surface area contributed by atoms with Gasteiger partial charge in [-0.15, -0.1) is 0 Å². The minimum Gasteiger partial charge on any atom is -0.387 e. The molecule has 0 spiro atoms. The molecular formula is C20H16O4. The van der Waals surface area contributed by atoms with Crippen molar-refractivity contribution in [3.05, 3.63) is 59.7 Å². The van der Waals surface area contributed by atoms with E-state index in [4.69, 9.17) is 0 Å². The number of hydrogen-bond donors (Lipinski definition) is 4. The Labute approximate surface area is 137 Å². The highest BCUT2D eigenvalue weighted by Gasteiger charge is 2.41. The predicted octanol–water partition coefficient (Wildman–Crippen LogP) is 2.39. The first-order chi connectivity index (χ1) is 11.6. The second-order valence-electron chi connectivity index (χ2n) is 6.61. The summed E-state index contributed by atoms with van der Waals surface area (Å²) in [6.07, 6.45) is -5.27. The van der Waals surface area contributed by atoms with Crippen molar-refractivity contribution in [2.24, 2.45) is 0 Å². The van der Waals surface area contributed by atoms with Gasteiger partial charge in [-0.3, -0.25) is 0 Å². The zero-order chi connectivity index (χ0) is 16.6. The molecule has 4 atom stereocenters. The fraction of sp³-hybridized carbons (Fsp3) is 0.200. The number of benzene rings is 4. The van der Waals surface area contributed by atoms with Crippen LogP contribution < -0.4 is 0 Å². The molecule has 0 heterocycles. The Kier molecular flexibility index (Phi) is 2.74. The third-order valence-corrected chi connectivity index (χ3v) is 5.33. The third-order valence-electron chi connectivity index (χ3n) is 5.33. The van der Waals surface area contributed by atoms with Gasteiger partial charge in [0, 0.05) is 0 Å². The van der Waals surface area contributed by atoms with Gasteiger partial charge in [-0.2, -0.15) is 0 Å². The molecule has 24 heavy (non-hydrogen) atoms. The lowest BCUT2D eigenvalue weighted by atomic mass is 9.78. The quantitative estimate of drug-likeness (QED) is 0.375. The van der Waals surface area contributed by atoms with E-state index < -0.39 is 24.4 Å². The van der Waals surface area contributed by atoms with E-state index in [0.717, 1.165) is 32.3 Å². The zero-order valence-corrected chi connectivity index (χ0v) is 12.7. The molecule has 0 amide bonds. The Morgan fingerprint density at radius 2 is 1.25 bits per heavy atom. The Morgan fingerprint density at radius 3 is 2.00 bits per heavy atom. The smallest absolute Gasteiger partial charge is 0.113 e. The number of aliphatic hydroxyl groups excluding tert-OH is 4. The summed E-state index contributed by atoms with van der Waals surface area (Å²) in [5, 5.41) is 47.1. The highest BCUT2D eigenvalue weighted by Crippen LogP contribution is 2.45. The normalized spacial score (nSPS) is 27.2. The van der Waals surface area contributed by atoms with Gasteiger partial charge in [0.25, 0.3) is 0 Å². The van der Waals surface area contributed by atoms with Gasteiger partial charge >= 0.3 is 0 Å². The van der Waals surface area contributed by atoms with Gasteiger partial charge in [-0.25, -0.2) is 0 Å². The van der Waals surface area contributed by atoms with Crippen molar-refractivity contribution in [1.82, 2.24) is 0 Å². The second kappa shape index (κ2) is 4.65. The van der Waals surface area contributed by atoms with Crippen LogP contribution in [0.15, 0.2) is 48.5 Å². The third kappa shape index (κ3) is 1.61. The minimum atomic E-state index is -1.41. The van der Waals surface area contributed by atoms with Crippen LogP contribution in [0.25, 0.3) is 32.3 Å². The Balaban J connectivity index is 2.01. The highest BCUT2D eigenvalue weighted by atomic mass is 16.4. The number of rotatable bonds is 0. The van der Waals surface area contributed by atoms with Gasteiger partial charge < -0.3 is 20.4 Å². The average molecular weight is 320 g/mol. The van der Waals surface area contributed by atoms with Crippen molar-refractivity contribution in [2.45, 2.75) is 24.4 Å². The van der Waals surface area contributed by atoms with E-state index in [0.29, 0.717) is 11.1 Å². The summed E-state index contributed by atoms with van der Waals surface area (Å²) in [7, 11) is 0. The van der Waals surface area contributed by atoms with Gasteiger partial charge in [0.1, 0.15) is 24.4 Å². The Hall–Kier alpha value is -2.24. The lowest BCUT2D eigenvalue weighted by Gasteiger charge is -2.35. The molecule has 0 saturated heterocycles. The summed E-state index contributed by atoms with van der Waals surface area (Å²) in [6.45, 7) is 0. The van der Waals surface area contributed by atoms with Crippen LogP contribution in [0, 0.1) is 0 Å². The lowest BCUT2D eigenvalue weighted by Crippen LogP contribution is -2.41. The monoisotopic (exact) mass is 320 g/mol. The summed E-state index contributed by atoms with van der Waals surface area (Å²) < 4.78 is 0. The largest absolute Gasteiger partial charge is 0.387 e. The van der Waals surface area contributed by atoms with Crippen LogP contribution in [0.2, 0.25) is 0 Å². The molecule has 1 aliphatic carbocycles. The van der Waals surface area contributed by atoms with Crippen molar-refractivity contribution < 1.29 is 20.4 Å². The maximum absolute atomic E-state index is 10.5. The van der Waals surface area contributed by atoms with Crippen LogP contribution in [-0.2, 0) is 0 Å². The molecule has 0 radical (unpaired) electrons. The summed E-state index contributed by atoms with van der Waals surface area (Å²) in [6, 6.07) is 15.8. The first kappa shape index (κ1) is 14.1. The molecule has 4 nitrogen and oxygen atoms in total. The van der Waals surface area contributed by atoms with Crippen LogP contribution in [-0.4, -0.2) is 32.6 Å². The maximum Gasteiger partial charge on any atom is 0.113 e. The molecule has 1 aliphatic rings. The molecule has 0 aliphatic heterocycles. The van der Waals surface area contributed by atoms with E-state index in [1.807, 2.05) is 48.5 Å². The van der Waals surface area contributed by atoms with E-state index in [2.05, 4.69) is 0 Å². The first-order valence-corrected chi connectivity index (χ1v) is 8.00. The summed E-state index contributed by atoms with van der Waals surface area (Å²) in [4.78, 5) is 0. The zero-order valence-electron chi connectivity index (χ0n) is 12.7. The molecule has 4 aromatic carbocycles. The van der Waals surface area contributed by atoms with E-state index in [1.165, 1.54) is 0 Å². The summed E-state index contributed by atoms with van der Waals surface area (Å²) in [5.74, 6) is 0. The van der Waals surface area contributed by atoms with E-state index in [9.17, 15) is 20.4 Å². The van der Waals surface area contributed by atoms with Crippen LogP contribution >= 0.6 is 0 Å². The van der Waals surface area contributed by atoms with E-state index in [-0.39, 0.29) is 0 Å². The van der Waals surface area contributed by atoms with E-state index in [1.54, 1.807) is 0 Å². The van der Waals surface area contributed by atoms with Crippen molar-refractivity contribution in [3.63, 3.8) is 0 Å². The first-order valence-electron chi connectivity index (χ1n) is 8.00. The molecule has 5 rings (SSSR count). The van der Waals surface area contributed by atoms with Gasteiger partial charge in [-0.05, 0) is 49.5 Å². The lowest BCUT2D eigenvalue weighted by molar-refractivity contribution is -0.119. The standard InChI is InChI=1S/C20H16O4/c21-17-13-8-11-5-4-9-2-1-3-10-6-7-12(15(11)14(9)10)16(13)18(22)20(24)19(17)23/h1-8,17-24H/t17-,18+,19+,20-/m1/s1. The van der Waals surface area contributed by atoms with Gasteiger partial charge in [0.2, 0.25) is 0 Å². The molecule has 4 heteroatoms. The van der Waals surface area contributed by atoms with Crippen LogP contribution in [0.5, 0.6) is 0 Å².